The van der Waals surface area contributed by atoms with Gasteiger partial charge in [0.15, 0.2) is 0 Å². The second kappa shape index (κ2) is 6.71. The lowest BCUT2D eigenvalue weighted by molar-refractivity contribution is -0.384. The first-order valence-electron chi connectivity index (χ1n) is 6.46. The standard InChI is InChI=1S/C15H16N2O4/c16-15-12(5-3-6-13(15)17(19)20)10-21-14-7-2-1-4-11(14)8-9-18/h1-7,18H,8-10,16H2. The number of para-hydroxylation sites is 2. The Balaban J connectivity index is 2.17. The van der Waals surface area contributed by atoms with Gasteiger partial charge in [-0.05, 0) is 18.1 Å². The highest BCUT2D eigenvalue weighted by molar-refractivity contribution is 5.62. The van der Waals surface area contributed by atoms with Gasteiger partial charge >= 0.3 is 0 Å². The van der Waals surface area contributed by atoms with Crippen molar-refractivity contribution >= 4 is 11.4 Å². The van der Waals surface area contributed by atoms with E-state index in [1.165, 1.54) is 6.07 Å². The molecule has 0 aliphatic heterocycles. The largest absolute Gasteiger partial charge is 0.489 e. The first kappa shape index (κ1) is 14.8. The van der Waals surface area contributed by atoms with Crippen molar-refractivity contribution in [1.82, 2.24) is 0 Å². The minimum atomic E-state index is -0.515. The number of hydrogen-bond acceptors (Lipinski definition) is 5. The van der Waals surface area contributed by atoms with Crippen molar-refractivity contribution in [2.45, 2.75) is 13.0 Å². The summed E-state index contributed by atoms with van der Waals surface area (Å²) in [6, 6.07) is 12.0. The van der Waals surface area contributed by atoms with E-state index in [0.29, 0.717) is 17.7 Å². The molecule has 0 radical (unpaired) electrons. The Hall–Kier alpha value is -2.60. The number of nitrogens with zero attached hydrogens (tertiary/aromatic N) is 1. The molecule has 0 fully saturated rings. The van der Waals surface area contributed by atoms with E-state index in [2.05, 4.69) is 0 Å². The van der Waals surface area contributed by atoms with Crippen LogP contribution in [0.15, 0.2) is 42.5 Å². The Kier molecular flexibility index (Phi) is 4.73. The van der Waals surface area contributed by atoms with Gasteiger partial charge in [0.25, 0.3) is 5.69 Å². The topological polar surface area (TPSA) is 98.6 Å². The molecule has 0 aromatic heterocycles. The van der Waals surface area contributed by atoms with Crippen LogP contribution in [-0.2, 0) is 13.0 Å². The summed E-state index contributed by atoms with van der Waals surface area (Å²) in [6.07, 6.45) is 0.487. The minimum Gasteiger partial charge on any atom is -0.489 e. The summed E-state index contributed by atoms with van der Waals surface area (Å²) in [4.78, 5) is 10.3. The number of aliphatic hydroxyl groups is 1. The smallest absolute Gasteiger partial charge is 0.292 e. The van der Waals surface area contributed by atoms with E-state index in [9.17, 15) is 10.1 Å². The Morgan fingerprint density at radius 2 is 1.86 bits per heavy atom. The van der Waals surface area contributed by atoms with Gasteiger partial charge in [0.05, 0.1) is 4.92 Å². The lowest BCUT2D eigenvalue weighted by Gasteiger charge is -2.12. The molecule has 6 nitrogen and oxygen atoms in total. The molecule has 6 heteroatoms. The predicted octanol–water partition coefficient (Wildman–Crippen LogP) is 2.29. The van der Waals surface area contributed by atoms with Gasteiger partial charge in [-0.3, -0.25) is 10.1 Å². The fourth-order valence-electron chi connectivity index (χ4n) is 2.01. The van der Waals surface area contributed by atoms with E-state index in [4.69, 9.17) is 15.6 Å². The Bertz CT molecular complexity index is 643. The zero-order chi connectivity index (χ0) is 15.2. The fraction of sp³-hybridized carbons (Fsp3) is 0.200. The molecule has 0 saturated heterocycles. The number of nitrogens with two attached hydrogens (primary N) is 1. The normalized spacial score (nSPS) is 10.3. The van der Waals surface area contributed by atoms with Crippen LogP contribution in [0.3, 0.4) is 0 Å². The third kappa shape index (κ3) is 3.49. The number of nitrogen functional groups attached to an aromatic ring is 1. The molecule has 0 aliphatic rings. The second-order valence-electron chi connectivity index (χ2n) is 4.48. The van der Waals surface area contributed by atoms with Gasteiger partial charge in [-0.25, -0.2) is 0 Å². The van der Waals surface area contributed by atoms with E-state index >= 15 is 0 Å². The van der Waals surface area contributed by atoms with Crippen LogP contribution in [0.5, 0.6) is 5.75 Å². The molecular weight excluding hydrogens is 272 g/mol. The molecule has 2 aromatic carbocycles. The molecule has 0 saturated carbocycles. The molecule has 3 N–H and O–H groups in total. The van der Waals surface area contributed by atoms with E-state index in [1.807, 2.05) is 18.2 Å². The van der Waals surface area contributed by atoms with Crippen molar-refractivity contribution in [3.8, 4) is 5.75 Å². The van der Waals surface area contributed by atoms with Crippen molar-refractivity contribution in [1.29, 1.82) is 0 Å². The Morgan fingerprint density at radius 3 is 2.57 bits per heavy atom. The third-order valence-corrected chi connectivity index (χ3v) is 3.11. The minimum absolute atomic E-state index is 0.0271. The SMILES string of the molecule is Nc1c(COc2ccccc2CCO)cccc1[N+](=O)[O-]. The molecule has 110 valence electrons. The summed E-state index contributed by atoms with van der Waals surface area (Å²) in [5, 5.41) is 19.9. The molecular formula is C15H16N2O4. The van der Waals surface area contributed by atoms with Crippen molar-refractivity contribution in [3.63, 3.8) is 0 Å². The van der Waals surface area contributed by atoms with Gasteiger partial charge in [-0.15, -0.1) is 0 Å². The van der Waals surface area contributed by atoms with Gasteiger partial charge in [-0.1, -0.05) is 30.3 Å². The van der Waals surface area contributed by atoms with Crippen LogP contribution in [0.25, 0.3) is 0 Å². The monoisotopic (exact) mass is 288 g/mol. The number of nitro groups is 1. The lowest BCUT2D eigenvalue weighted by Crippen LogP contribution is -2.05. The van der Waals surface area contributed by atoms with Crippen LogP contribution < -0.4 is 10.5 Å². The maximum atomic E-state index is 10.8. The molecule has 0 amide bonds. The Labute approximate surface area is 121 Å². The molecule has 0 atom stereocenters. The lowest BCUT2D eigenvalue weighted by atomic mass is 10.1. The van der Waals surface area contributed by atoms with E-state index < -0.39 is 4.92 Å². The summed E-state index contributed by atoms with van der Waals surface area (Å²) in [7, 11) is 0. The Morgan fingerprint density at radius 1 is 1.14 bits per heavy atom. The molecule has 0 unspecified atom stereocenters. The van der Waals surface area contributed by atoms with Gasteiger partial charge in [-0.2, -0.15) is 0 Å². The zero-order valence-electron chi connectivity index (χ0n) is 11.4. The highest BCUT2D eigenvalue weighted by Gasteiger charge is 2.14. The maximum Gasteiger partial charge on any atom is 0.292 e. The van der Waals surface area contributed by atoms with Crippen LogP contribution >= 0.6 is 0 Å². The molecule has 2 rings (SSSR count). The van der Waals surface area contributed by atoms with Gasteiger partial charge in [0.1, 0.15) is 18.0 Å². The summed E-state index contributed by atoms with van der Waals surface area (Å²) in [5.41, 5.74) is 7.21. The van der Waals surface area contributed by atoms with Crippen molar-refractivity contribution in [3.05, 3.63) is 63.7 Å². The fourth-order valence-corrected chi connectivity index (χ4v) is 2.01. The van der Waals surface area contributed by atoms with Gasteiger partial charge in [0.2, 0.25) is 0 Å². The van der Waals surface area contributed by atoms with Crippen LogP contribution in [-0.4, -0.2) is 16.6 Å². The van der Waals surface area contributed by atoms with Crippen molar-refractivity contribution in [2.24, 2.45) is 0 Å². The summed E-state index contributed by atoms with van der Waals surface area (Å²) in [5.74, 6) is 0.637. The van der Waals surface area contributed by atoms with Gasteiger partial charge in [0, 0.05) is 18.2 Å². The average molecular weight is 288 g/mol. The van der Waals surface area contributed by atoms with E-state index in [1.54, 1.807) is 18.2 Å². The summed E-state index contributed by atoms with van der Waals surface area (Å²) < 4.78 is 5.68. The highest BCUT2D eigenvalue weighted by atomic mass is 16.6. The first-order chi connectivity index (χ1) is 10.1. The van der Waals surface area contributed by atoms with Crippen molar-refractivity contribution in [2.75, 3.05) is 12.3 Å². The predicted molar refractivity (Wildman–Crippen MR) is 79.1 cm³/mol. The van der Waals surface area contributed by atoms with Gasteiger partial charge < -0.3 is 15.6 Å². The second-order valence-corrected chi connectivity index (χ2v) is 4.48. The number of benzene rings is 2. The first-order valence-corrected chi connectivity index (χ1v) is 6.46. The van der Waals surface area contributed by atoms with E-state index in [0.717, 1.165) is 5.56 Å². The average Bonchev–Trinajstić information content (AvgIpc) is 2.47. The molecule has 0 heterocycles. The third-order valence-electron chi connectivity index (χ3n) is 3.11. The molecule has 0 aliphatic carbocycles. The maximum absolute atomic E-state index is 10.8. The number of anilines is 1. The number of rotatable bonds is 6. The van der Waals surface area contributed by atoms with Crippen molar-refractivity contribution < 1.29 is 14.8 Å². The number of hydrogen-bond donors (Lipinski definition) is 2. The number of nitro benzene ring substituents is 1. The van der Waals surface area contributed by atoms with Crippen LogP contribution in [0.2, 0.25) is 0 Å². The van der Waals surface area contributed by atoms with Crippen LogP contribution in [0.4, 0.5) is 11.4 Å². The number of aliphatic hydroxyl groups excluding tert-OH is 1. The molecule has 0 bridgehead atoms. The molecule has 2 aromatic rings. The zero-order valence-corrected chi connectivity index (χ0v) is 11.4. The van der Waals surface area contributed by atoms with Crippen LogP contribution in [0, 0.1) is 10.1 Å². The quantitative estimate of drug-likeness (QED) is 0.482. The summed E-state index contributed by atoms with van der Waals surface area (Å²) >= 11 is 0. The van der Waals surface area contributed by atoms with Crippen LogP contribution in [0.1, 0.15) is 11.1 Å². The molecule has 21 heavy (non-hydrogen) atoms. The molecule has 0 spiro atoms. The summed E-state index contributed by atoms with van der Waals surface area (Å²) in [6.45, 7) is 0.162. The highest BCUT2D eigenvalue weighted by Crippen LogP contribution is 2.27. The number of ether oxygens (including phenoxy) is 1. The van der Waals surface area contributed by atoms with E-state index in [-0.39, 0.29) is 24.6 Å².